The van der Waals surface area contributed by atoms with Crippen molar-refractivity contribution in [2.24, 2.45) is 10.9 Å². The molecule has 1 saturated heterocycles. The monoisotopic (exact) mass is 479 g/mol. The van der Waals surface area contributed by atoms with Gasteiger partial charge in [-0.3, -0.25) is 4.99 Å². The minimum absolute atomic E-state index is 0. The molecule has 0 aliphatic carbocycles. The molecule has 2 rings (SSSR count). The van der Waals surface area contributed by atoms with Crippen molar-refractivity contribution in [2.45, 2.75) is 46.0 Å². The zero-order valence-electron chi connectivity index (χ0n) is 15.9. The molecular formula is C18H34IN5S. The molecule has 0 unspecified atom stereocenters. The Labute approximate surface area is 174 Å². The SMILES string of the molecule is CN=C(NCCCCN1CCC(C)CC1)NCCc1csc(C)n1.I. The lowest BCUT2D eigenvalue weighted by atomic mass is 9.99. The Kier molecular flexibility index (Phi) is 11.6. The third-order valence-corrected chi connectivity index (χ3v) is 5.46. The maximum absolute atomic E-state index is 4.48. The second kappa shape index (κ2) is 12.9. The summed E-state index contributed by atoms with van der Waals surface area (Å²) < 4.78 is 0. The van der Waals surface area contributed by atoms with E-state index in [0.29, 0.717) is 0 Å². The summed E-state index contributed by atoms with van der Waals surface area (Å²) in [5.41, 5.74) is 1.16. The first-order valence-corrected chi connectivity index (χ1v) is 10.1. The standard InChI is InChI=1S/C18H33N5S.HI/c1-15-7-12-23(13-8-15)11-5-4-9-20-18(19-3)21-10-6-17-14-24-16(2)22-17;/h14-15H,4-13H2,1-3H3,(H2,19,20,21);1H. The fourth-order valence-electron chi connectivity index (χ4n) is 3.01. The van der Waals surface area contributed by atoms with Crippen LogP contribution in [0.15, 0.2) is 10.4 Å². The molecule has 0 amide bonds. The molecule has 1 aromatic heterocycles. The van der Waals surface area contributed by atoms with Gasteiger partial charge < -0.3 is 15.5 Å². The number of piperidine rings is 1. The highest BCUT2D eigenvalue weighted by atomic mass is 127. The van der Waals surface area contributed by atoms with Gasteiger partial charge in [0.15, 0.2) is 5.96 Å². The van der Waals surface area contributed by atoms with Crippen molar-refractivity contribution in [3.05, 3.63) is 16.1 Å². The van der Waals surface area contributed by atoms with Crippen LogP contribution in [0.3, 0.4) is 0 Å². The minimum Gasteiger partial charge on any atom is -0.356 e. The topological polar surface area (TPSA) is 52.6 Å². The number of halogens is 1. The number of hydrogen-bond acceptors (Lipinski definition) is 4. The van der Waals surface area contributed by atoms with E-state index in [4.69, 9.17) is 0 Å². The predicted octanol–water partition coefficient (Wildman–Crippen LogP) is 3.29. The summed E-state index contributed by atoms with van der Waals surface area (Å²) in [6.45, 7) is 10.1. The smallest absolute Gasteiger partial charge is 0.190 e. The molecule has 1 fully saturated rings. The summed E-state index contributed by atoms with van der Waals surface area (Å²) in [7, 11) is 1.83. The Hall–Kier alpha value is -0.410. The fourth-order valence-corrected chi connectivity index (χ4v) is 3.65. The normalized spacial score (nSPS) is 16.5. The molecule has 1 aliphatic rings. The van der Waals surface area contributed by atoms with Crippen LogP contribution in [0.5, 0.6) is 0 Å². The zero-order chi connectivity index (χ0) is 17.2. The van der Waals surface area contributed by atoms with Crippen molar-refractivity contribution in [3.63, 3.8) is 0 Å². The van der Waals surface area contributed by atoms with Crippen molar-refractivity contribution in [1.82, 2.24) is 20.5 Å². The van der Waals surface area contributed by atoms with Crippen molar-refractivity contribution >= 4 is 41.3 Å². The lowest BCUT2D eigenvalue weighted by molar-refractivity contribution is 0.189. The third-order valence-electron chi connectivity index (χ3n) is 4.63. The van der Waals surface area contributed by atoms with E-state index in [1.807, 2.05) is 14.0 Å². The van der Waals surface area contributed by atoms with Crippen LogP contribution in [-0.2, 0) is 6.42 Å². The summed E-state index contributed by atoms with van der Waals surface area (Å²) in [6.07, 6.45) is 6.13. The fraction of sp³-hybridized carbons (Fsp3) is 0.778. The van der Waals surface area contributed by atoms with Crippen molar-refractivity contribution < 1.29 is 0 Å². The van der Waals surface area contributed by atoms with Gasteiger partial charge >= 0.3 is 0 Å². The molecule has 7 heteroatoms. The van der Waals surface area contributed by atoms with Crippen molar-refractivity contribution in [1.29, 1.82) is 0 Å². The van der Waals surface area contributed by atoms with Gasteiger partial charge in [-0.2, -0.15) is 0 Å². The van der Waals surface area contributed by atoms with E-state index in [1.165, 1.54) is 45.3 Å². The van der Waals surface area contributed by atoms with Crippen molar-refractivity contribution in [3.8, 4) is 0 Å². The van der Waals surface area contributed by atoms with Crippen LogP contribution in [0.25, 0.3) is 0 Å². The average Bonchev–Trinajstić information content (AvgIpc) is 3.00. The molecule has 2 N–H and O–H groups in total. The van der Waals surface area contributed by atoms with Crippen LogP contribution >= 0.6 is 35.3 Å². The van der Waals surface area contributed by atoms with Crippen molar-refractivity contribution in [2.75, 3.05) is 39.8 Å². The second-order valence-electron chi connectivity index (χ2n) is 6.76. The van der Waals surface area contributed by atoms with Crippen LogP contribution < -0.4 is 10.6 Å². The number of aryl methyl sites for hydroxylation is 1. The van der Waals surface area contributed by atoms with Gasteiger partial charge in [0.05, 0.1) is 10.7 Å². The molecule has 0 spiro atoms. The van der Waals surface area contributed by atoms with Gasteiger partial charge in [0.1, 0.15) is 0 Å². The zero-order valence-corrected chi connectivity index (χ0v) is 19.0. The largest absolute Gasteiger partial charge is 0.356 e. The number of thiazole rings is 1. The number of unbranched alkanes of at least 4 members (excludes halogenated alkanes) is 1. The van der Waals surface area contributed by atoms with Gasteiger partial charge in [-0.05, 0) is 58.2 Å². The number of guanidine groups is 1. The number of hydrogen-bond donors (Lipinski definition) is 2. The molecule has 0 radical (unpaired) electrons. The first-order chi connectivity index (χ1) is 11.7. The molecule has 0 atom stereocenters. The summed E-state index contributed by atoms with van der Waals surface area (Å²) >= 11 is 1.71. The molecular weight excluding hydrogens is 445 g/mol. The number of likely N-dealkylation sites (tertiary alicyclic amines) is 1. The molecule has 25 heavy (non-hydrogen) atoms. The Bertz CT molecular complexity index is 497. The molecule has 0 aromatic carbocycles. The van der Waals surface area contributed by atoms with Crippen LogP contribution in [0, 0.1) is 12.8 Å². The van der Waals surface area contributed by atoms with Crippen LogP contribution in [0.4, 0.5) is 0 Å². The lowest BCUT2D eigenvalue weighted by Crippen LogP contribution is -2.39. The first-order valence-electron chi connectivity index (χ1n) is 9.25. The number of rotatable bonds is 8. The summed E-state index contributed by atoms with van der Waals surface area (Å²) in [5, 5.41) is 10.0. The van der Waals surface area contributed by atoms with Gasteiger partial charge in [0.2, 0.25) is 0 Å². The van der Waals surface area contributed by atoms with Gasteiger partial charge in [-0.25, -0.2) is 4.98 Å². The van der Waals surface area contributed by atoms with Crippen LogP contribution in [0.2, 0.25) is 0 Å². The maximum atomic E-state index is 4.48. The van der Waals surface area contributed by atoms with E-state index in [1.54, 1.807) is 11.3 Å². The lowest BCUT2D eigenvalue weighted by Gasteiger charge is -2.30. The van der Waals surface area contributed by atoms with Crippen LogP contribution in [0.1, 0.15) is 43.3 Å². The Balaban J connectivity index is 0.00000312. The predicted molar refractivity (Wildman–Crippen MR) is 119 cm³/mol. The first kappa shape index (κ1) is 22.6. The Morgan fingerprint density at radius 3 is 2.64 bits per heavy atom. The van der Waals surface area contributed by atoms with Gasteiger partial charge in [0.25, 0.3) is 0 Å². The summed E-state index contributed by atoms with van der Waals surface area (Å²) in [4.78, 5) is 11.4. The highest BCUT2D eigenvalue weighted by Crippen LogP contribution is 2.16. The quantitative estimate of drug-likeness (QED) is 0.260. The number of aliphatic imine (C=N–C) groups is 1. The summed E-state index contributed by atoms with van der Waals surface area (Å²) in [6, 6.07) is 0. The number of aromatic nitrogens is 1. The highest BCUT2D eigenvalue weighted by molar-refractivity contribution is 14.0. The number of nitrogens with zero attached hydrogens (tertiary/aromatic N) is 3. The maximum Gasteiger partial charge on any atom is 0.190 e. The average molecular weight is 479 g/mol. The molecule has 144 valence electrons. The molecule has 2 heterocycles. The van der Waals surface area contributed by atoms with E-state index in [0.717, 1.165) is 42.1 Å². The van der Waals surface area contributed by atoms with E-state index in [9.17, 15) is 0 Å². The minimum atomic E-state index is 0. The molecule has 1 aliphatic heterocycles. The highest BCUT2D eigenvalue weighted by Gasteiger charge is 2.14. The molecule has 0 saturated carbocycles. The molecule has 5 nitrogen and oxygen atoms in total. The van der Waals surface area contributed by atoms with E-state index in [-0.39, 0.29) is 24.0 Å². The molecule has 0 bridgehead atoms. The summed E-state index contributed by atoms with van der Waals surface area (Å²) in [5.74, 6) is 1.82. The van der Waals surface area contributed by atoms with Gasteiger partial charge in [0, 0.05) is 31.9 Å². The Morgan fingerprint density at radius 2 is 2.00 bits per heavy atom. The van der Waals surface area contributed by atoms with E-state index >= 15 is 0 Å². The van der Waals surface area contributed by atoms with E-state index in [2.05, 4.69) is 37.8 Å². The molecule has 1 aromatic rings. The van der Waals surface area contributed by atoms with Gasteiger partial charge in [-0.1, -0.05) is 6.92 Å². The Morgan fingerprint density at radius 1 is 1.28 bits per heavy atom. The van der Waals surface area contributed by atoms with Crippen LogP contribution in [-0.4, -0.2) is 55.6 Å². The number of nitrogens with one attached hydrogen (secondary N) is 2. The second-order valence-corrected chi connectivity index (χ2v) is 7.83. The third kappa shape index (κ3) is 9.19. The van der Waals surface area contributed by atoms with E-state index < -0.39 is 0 Å². The van der Waals surface area contributed by atoms with Gasteiger partial charge in [-0.15, -0.1) is 35.3 Å².